The lowest BCUT2D eigenvalue weighted by Crippen LogP contribution is -2.31. The first-order valence-electron chi connectivity index (χ1n) is 9.33. The summed E-state index contributed by atoms with van der Waals surface area (Å²) in [7, 11) is 4.92. The number of hydrogen-bond donors (Lipinski definition) is 1. The molecule has 1 N–H and O–H groups in total. The second-order valence-electron chi connectivity index (χ2n) is 6.69. The van der Waals surface area contributed by atoms with E-state index in [-0.39, 0.29) is 11.9 Å². The molecule has 0 bridgehead atoms. The number of aromatic amines is 1. The molecule has 3 heterocycles. The van der Waals surface area contributed by atoms with E-state index in [4.69, 9.17) is 14.2 Å². The van der Waals surface area contributed by atoms with Crippen LogP contribution in [0.5, 0.6) is 11.5 Å². The van der Waals surface area contributed by atoms with Gasteiger partial charge in [-0.3, -0.25) is 9.89 Å². The van der Waals surface area contributed by atoms with E-state index >= 15 is 0 Å². The number of benzene rings is 1. The zero-order valence-corrected chi connectivity index (χ0v) is 17.4. The van der Waals surface area contributed by atoms with Crippen LogP contribution in [-0.2, 0) is 4.74 Å². The fourth-order valence-electron chi connectivity index (χ4n) is 3.78. The van der Waals surface area contributed by atoms with E-state index in [0.29, 0.717) is 30.3 Å². The smallest absolute Gasteiger partial charge is 0.275 e. The van der Waals surface area contributed by atoms with E-state index in [1.54, 1.807) is 32.7 Å². The van der Waals surface area contributed by atoms with E-state index in [9.17, 15) is 4.79 Å². The Bertz CT molecular complexity index is 1000. The van der Waals surface area contributed by atoms with Crippen molar-refractivity contribution in [2.24, 2.45) is 0 Å². The Labute approximate surface area is 173 Å². The minimum atomic E-state index is -0.324. The molecule has 0 aliphatic carbocycles. The fourth-order valence-corrected chi connectivity index (χ4v) is 4.52. The van der Waals surface area contributed by atoms with Gasteiger partial charge in [-0.2, -0.15) is 5.10 Å². The van der Waals surface area contributed by atoms with Crippen LogP contribution in [0, 0.1) is 0 Å². The van der Waals surface area contributed by atoms with Crippen molar-refractivity contribution in [2.45, 2.75) is 12.5 Å². The van der Waals surface area contributed by atoms with Gasteiger partial charge in [0, 0.05) is 31.4 Å². The van der Waals surface area contributed by atoms with Crippen molar-refractivity contribution in [3.05, 3.63) is 52.5 Å². The van der Waals surface area contributed by atoms with Crippen LogP contribution in [-0.4, -0.2) is 55.5 Å². The van der Waals surface area contributed by atoms with E-state index < -0.39 is 0 Å². The summed E-state index contributed by atoms with van der Waals surface area (Å²) in [6, 6.07) is 9.34. The monoisotopic (exact) mass is 413 g/mol. The molecule has 0 radical (unpaired) electrons. The number of nitrogens with zero attached hydrogens (tertiary/aromatic N) is 2. The molecule has 1 aromatic carbocycles. The number of thiophene rings is 1. The standard InChI is InChI=1S/C21H23N3O4S/c1-26-10-5-9-24-20(14-12-13(27-2)7-8-15(14)28-3)17-18(16-6-4-11-29-16)22-23-19(17)21(24)25/h4,6-8,11-12,20H,5,9-10H2,1-3H3,(H,22,23). The predicted octanol–water partition coefficient (Wildman–Crippen LogP) is 3.74. The van der Waals surface area contributed by atoms with Crippen molar-refractivity contribution in [3.63, 3.8) is 0 Å². The fraction of sp³-hybridized carbons (Fsp3) is 0.333. The molecule has 8 heteroatoms. The van der Waals surface area contributed by atoms with E-state index in [0.717, 1.165) is 28.1 Å². The maximum absolute atomic E-state index is 13.2. The second kappa shape index (κ2) is 8.26. The van der Waals surface area contributed by atoms with Crippen molar-refractivity contribution < 1.29 is 19.0 Å². The highest BCUT2D eigenvalue weighted by Crippen LogP contribution is 2.46. The van der Waals surface area contributed by atoms with Gasteiger partial charge in [-0.25, -0.2) is 0 Å². The highest BCUT2D eigenvalue weighted by molar-refractivity contribution is 7.13. The third-order valence-electron chi connectivity index (χ3n) is 5.10. The molecule has 0 saturated carbocycles. The Kier molecular flexibility index (Phi) is 5.55. The largest absolute Gasteiger partial charge is 0.497 e. The van der Waals surface area contributed by atoms with Crippen LogP contribution < -0.4 is 9.47 Å². The lowest BCUT2D eigenvalue weighted by Gasteiger charge is -2.27. The first-order chi connectivity index (χ1) is 14.2. The lowest BCUT2D eigenvalue weighted by molar-refractivity contribution is 0.0721. The molecule has 1 aliphatic rings. The molecule has 1 atom stereocenters. The first-order valence-corrected chi connectivity index (χ1v) is 10.2. The number of methoxy groups -OCH3 is 3. The Balaban J connectivity index is 1.87. The van der Waals surface area contributed by atoms with Gasteiger partial charge in [0.1, 0.15) is 11.5 Å². The number of hydrogen-bond acceptors (Lipinski definition) is 6. The summed E-state index contributed by atoms with van der Waals surface area (Å²) in [6.07, 6.45) is 0.730. The summed E-state index contributed by atoms with van der Waals surface area (Å²) < 4.78 is 16.3. The molecule has 0 saturated heterocycles. The van der Waals surface area contributed by atoms with Crippen molar-refractivity contribution in [1.29, 1.82) is 0 Å². The average molecular weight is 413 g/mol. The van der Waals surface area contributed by atoms with Gasteiger partial charge in [0.15, 0.2) is 5.69 Å². The van der Waals surface area contributed by atoms with Crippen LogP contribution >= 0.6 is 11.3 Å². The number of carbonyl (C=O) groups excluding carboxylic acids is 1. The lowest BCUT2D eigenvalue weighted by atomic mass is 9.97. The van der Waals surface area contributed by atoms with Gasteiger partial charge >= 0.3 is 0 Å². The Morgan fingerprint density at radius 3 is 2.76 bits per heavy atom. The van der Waals surface area contributed by atoms with Crippen LogP contribution in [0.3, 0.4) is 0 Å². The number of H-pyrrole nitrogens is 1. The zero-order valence-electron chi connectivity index (χ0n) is 16.6. The van der Waals surface area contributed by atoms with Crippen LogP contribution in [0.2, 0.25) is 0 Å². The highest BCUT2D eigenvalue weighted by atomic mass is 32.1. The predicted molar refractivity (Wildman–Crippen MR) is 111 cm³/mol. The molecule has 0 fully saturated rings. The van der Waals surface area contributed by atoms with Gasteiger partial charge in [-0.15, -0.1) is 11.3 Å². The minimum Gasteiger partial charge on any atom is -0.497 e. The maximum atomic E-state index is 13.2. The van der Waals surface area contributed by atoms with Gasteiger partial charge in [-0.1, -0.05) is 6.07 Å². The number of rotatable bonds is 8. The molecule has 2 aromatic heterocycles. The topological polar surface area (TPSA) is 76.7 Å². The Morgan fingerprint density at radius 2 is 2.07 bits per heavy atom. The average Bonchev–Trinajstić information content (AvgIpc) is 3.46. The van der Waals surface area contributed by atoms with Gasteiger partial charge < -0.3 is 19.1 Å². The van der Waals surface area contributed by atoms with Gasteiger partial charge in [-0.05, 0) is 36.1 Å². The molecule has 0 spiro atoms. The van der Waals surface area contributed by atoms with Gasteiger partial charge in [0.2, 0.25) is 0 Å². The molecular formula is C21H23N3O4S. The summed E-state index contributed by atoms with van der Waals surface area (Å²) in [5, 5.41) is 9.46. The third kappa shape index (κ3) is 3.38. The van der Waals surface area contributed by atoms with E-state index in [2.05, 4.69) is 10.2 Å². The van der Waals surface area contributed by atoms with E-state index in [1.807, 2.05) is 40.6 Å². The van der Waals surface area contributed by atoms with Crippen LogP contribution in [0.15, 0.2) is 35.7 Å². The Hall–Kier alpha value is -2.84. The van der Waals surface area contributed by atoms with Gasteiger partial charge in [0.05, 0.1) is 30.8 Å². The number of amides is 1. The molecule has 1 aliphatic heterocycles. The summed E-state index contributed by atoms with van der Waals surface area (Å²) >= 11 is 1.61. The summed E-state index contributed by atoms with van der Waals surface area (Å²) in [5.41, 5.74) is 3.07. The van der Waals surface area contributed by atoms with Crippen molar-refractivity contribution in [1.82, 2.24) is 15.1 Å². The number of aromatic nitrogens is 2. The van der Waals surface area contributed by atoms with Crippen LogP contribution in [0.25, 0.3) is 10.6 Å². The quantitative estimate of drug-likeness (QED) is 0.570. The normalized spacial score (nSPS) is 15.6. The highest BCUT2D eigenvalue weighted by Gasteiger charge is 2.43. The number of nitrogens with one attached hydrogen (secondary N) is 1. The van der Waals surface area contributed by atoms with E-state index in [1.165, 1.54) is 0 Å². The van der Waals surface area contributed by atoms with Crippen molar-refractivity contribution >= 4 is 17.2 Å². The first kappa shape index (κ1) is 19.5. The summed E-state index contributed by atoms with van der Waals surface area (Å²) in [6.45, 7) is 1.13. The molecule has 7 nitrogen and oxygen atoms in total. The zero-order chi connectivity index (χ0) is 20.4. The second-order valence-corrected chi connectivity index (χ2v) is 7.64. The molecule has 152 valence electrons. The van der Waals surface area contributed by atoms with Gasteiger partial charge in [0.25, 0.3) is 5.91 Å². The number of ether oxygens (including phenoxy) is 3. The molecule has 4 rings (SSSR count). The molecule has 1 amide bonds. The molecule has 1 unspecified atom stereocenters. The van der Waals surface area contributed by atoms with Crippen LogP contribution in [0.4, 0.5) is 0 Å². The SMILES string of the molecule is COCCCN1C(=O)c2n[nH]c(-c3cccs3)c2C1c1cc(OC)ccc1OC. The Morgan fingerprint density at radius 1 is 1.21 bits per heavy atom. The van der Waals surface area contributed by atoms with Crippen LogP contribution in [0.1, 0.15) is 34.1 Å². The summed E-state index contributed by atoms with van der Waals surface area (Å²) in [4.78, 5) is 16.1. The molecular weight excluding hydrogens is 390 g/mol. The van der Waals surface area contributed by atoms with Crippen molar-refractivity contribution in [3.8, 4) is 22.1 Å². The molecule has 29 heavy (non-hydrogen) atoms. The maximum Gasteiger partial charge on any atom is 0.275 e. The summed E-state index contributed by atoms with van der Waals surface area (Å²) in [5.74, 6) is 1.32. The number of carbonyl (C=O) groups is 1. The van der Waals surface area contributed by atoms with Crippen molar-refractivity contribution in [2.75, 3.05) is 34.5 Å². The molecule has 3 aromatic rings. The number of fused-ring (bicyclic) bond motifs is 1. The minimum absolute atomic E-state index is 0.0926. The third-order valence-corrected chi connectivity index (χ3v) is 5.99.